The predicted octanol–water partition coefficient (Wildman–Crippen LogP) is 4.59. The molecule has 1 aliphatic heterocycles. The van der Waals surface area contributed by atoms with Gasteiger partial charge in [-0.05, 0) is 49.7 Å². The molecule has 5 nitrogen and oxygen atoms in total. The van der Waals surface area contributed by atoms with Crippen LogP contribution in [0.5, 0.6) is 0 Å². The molecular formula is C21H22ClN3O2S2. The molecule has 29 heavy (non-hydrogen) atoms. The third-order valence-corrected chi connectivity index (χ3v) is 8.22. The number of halogens is 1. The van der Waals surface area contributed by atoms with Crippen molar-refractivity contribution in [2.24, 2.45) is 0 Å². The smallest absolute Gasteiger partial charge is 0.243 e. The van der Waals surface area contributed by atoms with Crippen molar-refractivity contribution in [3.8, 4) is 11.3 Å². The van der Waals surface area contributed by atoms with Crippen LogP contribution >= 0.6 is 22.9 Å². The number of thiazole rings is 1. The summed E-state index contributed by atoms with van der Waals surface area (Å²) >= 11 is 7.52. The Balaban J connectivity index is 1.55. The Labute approximate surface area is 180 Å². The van der Waals surface area contributed by atoms with Crippen LogP contribution in [0, 0.1) is 13.8 Å². The van der Waals surface area contributed by atoms with Crippen molar-refractivity contribution < 1.29 is 8.42 Å². The highest BCUT2D eigenvalue weighted by molar-refractivity contribution is 7.89. The lowest BCUT2D eigenvalue weighted by Gasteiger charge is -2.35. The van der Waals surface area contributed by atoms with Crippen LogP contribution < -0.4 is 4.90 Å². The van der Waals surface area contributed by atoms with Gasteiger partial charge in [-0.3, -0.25) is 0 Å². The van der Waals surface area contributed by atoms with Crippen LogP contribution in [0.1, 0.15) is 10.6 Å². The first-order valence-corrected chi connectivity index (χ1v) is 12.1. The fourth-order valence-electron chi connectivity index (χ4n) is 3.51. The summed E-state index contributed by atoms with van der Waals surface area (Å²) in [5, 5.41) is 3.62. The topological polar surface area (TPSA) is 53.5 Å². The average Bonchev–Trinajstić information content (AvgIpc) is 3.15. The predicted molar refractivity (Wildman–Crippen MR) is 119 cm³/mol. The number of nitrogens with zero attached hydrogens (tertiary/aromatic N) is 3. The molecule has 4 rings (SSSR count). The van der Waals surface area contributed by atoms with Crippen molar-refractivity contribution in [1.82, 2.24) is 9.29 Å². The molecule has 1 fully saturated rings. The summed E-state index contributed by atoms with van der Waals surface area (Å²) in [6, 6.07) is 13.2. The molecule has 8 heteroatoms. The summed E-state index contributed by atoms with van der Waals surface area (Å²) in [5.41, 5.74) is 3.46. The van der Waals surface area contributed by atoms with Gasteiger partial charge in [0.05, 0.1) is 15.6 Å². The van der Waals surface area contributed by atoms with Gasteiger partial charge in [0.1, 0.15) is 0 Å². The van der Waals surface area contributed by atoms with Crippen LogP contribution in [0.25, 0.3) is 11.3 Å². The standard InChI is InChI=1S/C21H22ClN3O2S2/c1-15-3-4-17(20-14-28-16(2)23-20)13-21(15)29(26,27)25-11-9-24(10-12-25)19-7-5-18(22)6-8-19/h3-8,13-14H,9-12H2,1-2H3. The lowest BCUT2D eigenvalue weighted by Crippen LogP contribution is -2.48. The van der Waals surface area contributed by atoms with Crippen molar-refractivity contribution in [3.05, 3.63) is 63.4 Å². The van der Waals surface area contributed by atoms with Gasteiger partial charge in [-0.15, -0.1) is 11.3 Å². The Hall–Kier alpha value is -1.93. The summed E-state index contributed by atoms with van der Waals surface area (Å²) in [5.74, 6) is 0. The fraction of sp³-hybridized carbons (Fsp3) is 0.286. The molecule has 0 atom stereocenters. The van der Waals surface area contributed by atoms with E-state index in [0.717, 1.165) is 27.5 Å². The van der Waals surface area contributed by atoms with Crippen LogP contribution in [-0.4, -0.2) is 43.9 Å². The van der Waals surface area contributed by atoms with E-state index in [1.807, 2.05) is 55.6 Å². The second kappa shape index (κ2) is 8.07. The van der Waals surface area contributed by atoms with Crippen LogP contribution in [0.2, 0.25) is 5.02 Å². The molecule has 0 radical (unpaired) electrons. The highest BCUT2D eigenvalue weighted by Gasteiger charge is 2.30. The number of rotatable bonds is 4. The SMILES string of the molecule is Cc1nc(-c2ccc(C)c(S(=O)(=O)N3CCN(c4ccc(Cl)cc4)CC3)c2)cs1. The van der Waals surface area contributed by atoms with Crippen molar-refractivity contribution in [1.29, 1.82) is 0 Å². The van der Waals surface area contributed by atoms with Crippen LogP contribution in [0.4, 0.5) is 5.69 Å². The third-order valence-electron chi connectivity index (χ3n) is 5.15. The first-order valence-electron chi connectivity index (χ1n) is 9.38. The molecule has 0 amide bonds. The maximum Gasteiger partial charge on any atom is 0.243 e. The van der Waals surface area contributed by atoms with Crippen molar-refractivity contribution in [2.75, 3.05) is 31.1 Å². The minimum atomic E-state index is -3.57. The van der Waals surface area contributed by atoms with Crippen LogP contribution in [-0.2, 0) is 10.0 Å². The van der Waals surface area contributed by atoms with Gasteiger partial charge in [-0.1, -0.05) is 23.7 Å². The highest BCUT2D eigenvalue weighted by Crippen LogP contribution is 2.29. The van der Waals surface area contributed by atoms with E-state index < -0.39 is 10.0 Å². The van der Waals surface area contributed by atoms with E-state index in [-0.39, 0.29) is 0 Å². The number of anilines is 1. The highest BCUT2D eigenvalue weighted by atomic mass is 35.5. The van der Waals surface area contributed by atoms with Crippen LogP contribution in [0.3, 0.4) is 0 Å². The van der Waals surface area contributed by atoms with Gasteiger partial charge in [-0.2, -0.15) is 4.31 Å². The summed E-state index contributed by atoms with van der Waals surface area (Å²) < 4.78 is 28.3. The molecule has 1 aliphatic rings. The minimum Gasteiger partial charge on any atom is -0.369 e. The zero-order chi connectivity index (χ0) is 20.6. The minimum absolute atomic E-state index is 0.362. The summed E-state index contributed by atoms with van der Waals surface area (Å²) in [7, 11) is -3.57. The summed E-state index contributed by atoms with van der Waals surface area (Å²) in [4.78, 5) is 7.04. The second-order valence-electron chi connectivity index (χ2n) is 7.10. The zero-order valence-corrected chi connectivity index (χ0v) is 18.7. The second-order valence-corrected chi connectivity index (χ2v) is 10.5. The normalized spacial score (nSPS) is 15.6. The molecule has 0 N–H and O–H groups in total. The molecule has 0 spiro atoms. The van der Waals surface area contributed by atoms with Gasteiger partial charge >= 0.3 is 0 Å². The number of aromatic nitrogens is 1. The quantitative estimate of drug-likeness (QED) is 0.586. The number of piperazine rings is 1. The van der Waals surface area contributed by atoms with E-state index in [1.165, 1.54) is 0 Å². The van der Waals surface area contributed by atoms with E-state index in [4.69, 9.17) is 11.6 Å². The molecule has 2 aromatic carbocycles. The molecule has 0 unspecified atom stereocenters. The number of hydrogen-bond donors (Lipinski definition) is 0. The molecule has 152 valence electrons. The van der Waals surface area contributed by atoms with Crippen molar-refractivity contribution in [3.63, 3.8) is 0 Å². The Bertz CT molecular complexity index is 1120. The Morgan fingerprint density at radius 1 is 1.00 bits per heavy atom. The first kappa shape index (κ1) is 20.3. The van der Waals surface area contributed by atoms with Gasteiger partial charge in [0, 0.05) is 47.8 Å². The first-order chi connectivity index (χ1) is 13.8. The Kier molecular flexibility index (Phi) is 5.66. The maximum absolute atomic E-state index is 13.4. The Morgan fingerprint density at radius 2 is 1.69 bits per heavy atom. The summed E-state index contributed by atoms with van der Waals surface area (Å²) in [6.45, 7) is 5.97. The number of sulfonamides is 1. The molecule has 1 aromatic heterocycles. The Morgan fingerprint density at radius 3 is 2.31 bits per heavy atom. The largest absolute Gasteiger partial charge is 0.369 e. The number of hydrogen-bond acceptors (Lipinski definition) is 5. The van der Waals surface area contributed by atoms with E-state index in [2.05, 4.69) is 9.88 Å². The van der Waals surface area contributed by atoms with Crippen molar-refractivity contribution in [2.45, 2.75) is 18.7 Å². The molecule has 0 aliphatic carbocycles. The lowest BCUT2D eigenvalue weighted by atomic mass is 10.1. The fourth-order valence-corrected chi connectivity index (χ4v) is 5.93. The zero-order valence-electron chi connectivity index (χ0n) is 16.3. The van der Waals surface area contributed by atoms with Gasteiger partial charge in [0.15, 0.2) is 0 Å². The molecule has 2 heterocycles. The van der Waals surface area contributed by atoms with E-state index >= 15 is 0 Å². The molecular weight excluding hydrogens is 426 g/mol. The molecule has 0 saturated carbocycles. The number of aryl methyl sites for hydroxylation is 2. The third kappa shape index (κ3) is 4.19. The summed E-state index contributed by atoms with van der Waals surface area (Å²) in [6.07, 6.45) is 0. The lowest BCUT2D eigenvalue weighted by molar-refractivity contribution is 0.384. The van der Waals surface area contributed by atoms with E-state index in [1.54, 1.807) is 21.7 Å². The maximum atomic E-state index is 13.4. The monoisotopic (exact) mass is 447 g/mol. The van der Waals surface area contributed by atoms with Gasteiger partial charge in [-0.25, -0.2) is 13.4 Å². The van der Waals surface area contributed by atoms with E-state index in [9.17, 15) is 8.42 Å². The van der Waals surface area contributed by atoms with E-state index in [0.29, 0.717) is 36.1 Å². The van der Waals surface area contributed by atoms with Crippen LogP contribution in [0.15, 0.2) is 52.7 Å². The van der Waals surface area contributed by atoms with Gasteiger partial charge < -0.3 is 4.90 Å². The average molecular weight is 448 g/mol. The molecule has 0 bridgehead atoms. The molecule has 1 saturated heterocycles. The molecule has 3 aromatic rings. The van der Waals surface area contributed by atoms with Gasteiger partial charge in [0.2, 0.25) is 10.0 Å². The number of benzene rings is 2. The van der Waals surface area contributed by atoms with Crippen molar-refractivity contribution >= 4 is 38.6 Å². The van der Waals surface area contributed by atoms with Gasteiger partial charge in [0.25, 0.3) is 0 Å².